The highest BCUT2D eigenvalue weighted by atomic mass is 35.5. The van der Waals surface area contributed by atoms with Crippen molar-refractivity contribution in [2.45, 2.75) is 12.2 Å². The van der Waals surface area contributed by atoms with Gasteiger partial charge in [0.1, 0.15) is 0 Å². The first-order valence-corrected chi connectivity index (χ1v) is 8.86. The van der Waals surface area contributed by atoms with Crippen molar-refractivity contribution in [2.24, 2.45) is 0 Å². The van der Waals surface area contributed by atoms with Crippen molar-refractivity contribution >= 4 is 33.6 Å². The maximum atomic E-state index is 12.2. The molecule has 8 heteroatoms. The quantitative estimate of drug-likeness (QED) is 0.568. The highest BCUT2D eigenvalue weighted by Gasteiger charge is 2.23. The summed E-state index contributed by atoms with van der Waals surface area (Å²) in [5, 5.41) is 20.1. The van der Waals surface area contributed by atoms with Gasteiger partial charge in [0.05, 0.1) is 23.7 Å². The lowest BCUT2D eigenvalue weighted by Gasteiger charge is -2.15. The molecule has 0 heterocycles. The van der Waals surface area contributed by atoms with E-state index in [-0.39, 0.29) is 12.4 Å². The normalized spacial score (nSPS) is 13.8. The second-order valence-electron chi connectivity index (χ2n) is 5.44. The van der Waals surface area contributed by atoms with Gasteiger partial charge in [0.25, 0.3) is 0 Å². The molecule has 0 aromatic heterocycles. The first kappa shape index (κ1) is 20.2. The summed E-state index contributed by atoms with van der Waals surface area (Å²) in [7, 11) is -3.66. The summed E-state index contributed by atoms with van der Waals surface area (Å²) in [6.45, 7) is 0. The lowest BCUT2D eigenvalue weighted by atomic mass is 10.1. The van der Waals surface area contributed by atoms with E-state index in [0.717, 1.165) is 0 Å². The van der Waals surface area contributed by atoms with Gasteiger partial charge in [0, 0.05) is 11.4 Å². The van der Waals surface area contributed by atoms with E-state index in [1.54, 1.807) is 48.5 Å². The number of nitrogens with two attached hydrogens (primary N) is 2. The molecule has 0 bridgehead atoms. The summed E-state index contributed by atoms with van der Waals surface area (Å²) in [5.74, 6) is -0.939. The van der Waals surface area contributed by atoms with Crippen LogP contribution in [0.3, 0.4) is 0 Å². The van der Waals surface area contributed by atoms with E-state index in [0.29, 0.717) is 22.5 Å². The number of hydrogen-bond acceptors (Lipinski definition) is 6. The fourth-order valence-corrected chi connectivity index (χ4v) is 3.66. The fourth-order valence-electron chi connectivity index (χ4n) is 2.18. The number of hydrogen-bond donors (Lipinski definition) is 4. The smallest absolute Gasteiger partial charge is 0.156 e. The topological polar surface area (TPSA) is 127 Å². The summed E-state index contributed by atoms with van der Waals surface area (Å²) in [6, 6.07) is 12.7. The molecule has 6 nitrogen and oxygen atoms in total. The Morgan fingerprint density at radius 2 is 1.04 bits per heavy atom. The predicted molar refractivity (Wildman–Crippen MR) is 97.5 cm³/mol. The molecule has 0 radical (unpaired) electrons. The van der Waals surface area contributed by atoms with Gasteiger partial charge >= 0.3 is 0 Å². The number of aliphatic hydroxyl groups is 2. The minimum absolute atomic E-state index is 0. The third kappa shape index (κ3) is 5.68. The second kappa shape index (κ2) is 8.34. The number of halogens is 1. The molecule has 0 amide bonds. The molecule has 2 rings (SSSR count). The van der Waals surface area contributed by atoms with Crippen molar-refractivity contribution < 1.29 is 18.6 Å². The van der Waals surface area contributed by atoms with Crippen LogP contribution in [-0.4, -0.2) is 30.1 Å². The Bertz CT molecular complexity index is 689. The standard InChI is InChI=1S/C16H20N2O4S.ClH/c17-13-5-1-11(2-6-13)15(19)9-23(21,22)10-16(20)12-3-7-14(18)8-4-12;/h1-8,15-16,19-20H,9-10,17-18H2;1H. The molecule has 0 saturated carbocycles. The van der Waals surface area contributed by atoms with Gasteiger partial charge in [-0.1, -0.05) is 24.3 Å². The third-order valence-electron chi connectivity index (χ3n) is 3.47. The van der Waals surface area contributed by atoms with Gasteiger partial charge in [0.2, 0.25) is 0 Å². The maximum absolute atomic E-state index is 12.2. The van der Waals surface area contributed by atoms with E-state index in [9.17, 15) is 18.6 Å². The number of rotatable bonds is 6. The van der Waals surface area contributed by atoms with Crippen LogP contribution in [0.1, 0.15) is 23.3 Å². The molecule has 0 aliphatic rings. The molecule has 0 saturated heterocycles. The monoisotopic (exact) mass is 372 g/mol. The Morgan fingerprint density at radius 3 is 1.33 bits per heavy atom. The van der Waals surface area contributed by atoms with Crippen molar-refractivity contribution in [3.8, 4) is 0 Å². The summed E-state index contributed by atoms with van der Waals surface area (Å²) >= 11 is 0. The highest BCUT2D eigenvalue weighted by Crippen LogP contribution is 2.21. The lowest BCUT2D eigenvalue weighted by Crippen LogP contribution is -2.21. The van der Waals surface area contributed by atoms with Crippen LogP contribution in [-0.2, 0) is 9.84 Å². The van der Waals surface area contributed by atoms with Gasteiger partial charge in [-0.05, 0) is 35.4 Å². The van der Waals surface area contributed by atoms with E-state index < -0.39 is 33.6 Å². The highest BCUT2D eigenvalue weighted by molar-refractivity contribution is 7.91. The molecular weight excluding hydrogens is 352 g/mol. The Kier molecular flexibility index (Phi) is 7.04. The van der Waals surface area contributed by atoms with Crippen LogP contribution in [0.15, 0.2) is 48.5 Å². The van der Waals surface area contributed by atoms with Crippen LogP contribution in [0.5, 0.6) is 0 Å². The van der Waals surface area contributed by atoms with E-state index in [2.05, 4.69) is 0 Å². The predicted octanol–water partition coefficient (Wildman–Crippen LogP) is 1.45. The van der Waals surface area contributed by atoms with Gasteiger partial charge in [-0.25, -0.2) is 8.42 Å². The summed E-state index contributed by atoms with van der Waals surface area (Å²) in [6.07, 6.45) is -2.33. The second-order valence-corrected chi connectivity index (χ2v) is 7.60. The van der Waals surface area contributed by atoms with Crippen LogP contribution < -0.4 is 11.5 Å². The Hall–Kier alpha value is -1.80. The van der Waals surface area contributed by atoms with Gasteiger partial charge in [0.15, 0.2) is 9.84 Å². The molecule has 24 heavy (non-hydrogen) atoms. The van der Waals surface area contributed by atoms with Crippen molar-refractivity contribution in [2.75, 3.05) is 23.0 Å². The van der Waals surface area contributed by atoms with Crippen molar-refractivity contribution in [1.82, 2.24) is 0 Å². The van der Waals surface area contributed by atoms with Gasteiger partial charge in [-0.3, -0.25) is 0 Å². The summed E-state index contributed by atoms with van der Waals surface area (Å²) in [5.41, 5.74) is 13.1. The molecule has 0 aliphatic carbocycles. The first-order valence-electron chi connectivity index (χ1n) is 7.04. The molecule has 6 N–H and O–H groups in total. The van der Waals surface area contributed by atoms with Crippen LogP contribution in [0.2, 0.25) is 0 Å². The number of anilines is 2. The number of nitrogen functional groups attached to an aromatic ring is 2. The van der Waals surface area contributed by atoms with E-state index in [1.807, 2.05) is 0 Å². The van der Waals surface area contributed by atoms with Gasteiger partial charge in [-0.2, -0.15) is 0 Å². The number of aliphatic hydroxyl groups excluding tert-OH is 2. The zero-order chi connectivity index (χ0) is 17.0. The molecule has 0 spiro atoms. The molecule has 2 aromatic carbocycles. The lowest BCUT2D eigenvalue weighted by molar-refractivity contribution is 0.194. The number of benzene rings is 2. The molecule has 2 aromatic rings. The zero-order valence-corrected chi connectivity index (χ0v) is 14.5. The zero-order valence-electron chi connectivity index (χ0n) is 12.9. The Balaban J connectivity index is 0.00000288. The van der Waals surface area contributed by atoms with Crippen LogP contribution in [0.4, 0.5) is 11.4 Å². The minimum atomic E-state index is -3.66. The van der Waals surface area contributed by atoms with Gasteiger partial charge in [-0.15, -0.1) is 12.4 Å². The molecule has 0 aliphatic heterocycles. The van der Waals surface area contributed by atoms with Gasteiger partial charge < -0.3 is 21.7 Å². The molecule has 0 fully saturated rings. The summed E-state index contributed by atoms with van der Waals surface area (Å²) in [4.78, 5) is 0. The fraction of sp³-hybridized carbons (Fsp3) is 0.250. The Labute approximate surface area is 147 Å². The number of sulfone groups is 1. The van der Waals surface area contributed by atoms with Crippen molar-refractivity contribution in [3.63, 3.8) is 0 Å². The van der Waals surface area contributed by atoms with E-state index in [1.165, 1.54) is 0 Å². The molecule has 2 unspecified atom stereocenters. The average molecular weight is 373 g/mol. The maximum Gasteiger partial charge on any atom is 0.156 e. The average Bonchev–Trinajstić information content (AvgIpc) is 2.47. The molecule has 132 valence electrons. The SMILES string of the molecule is Cl.Nc1ccc(C(O)CS(=O)(=O)CC(O)c2ccc(N)cc2)cc1. The van der Waals surface area contributed by atoms with Crippen molar-refractivity contribution in [3.05, 3.63) is 59.7 Å². The molecular formula is C16H21ClN2O4S. The largest absolute Gasteiger partial charge is 0.399 e. The first-order chi connectivity index (χ1) is 10.8. The van der Waals surface area contributed by atoms with Crippen LogP contribution in [0.25, 0.3) is 0 Å². The van der Waals surface area contributed by atoms with E-state index in [4.69, 9.17) is 11.5 Å². The minimum Gasteiger partial charge on any atom is -0.399 e. The van der Waals surface area contributed by atoms with Crippen LogP contribution in [0, 0.1) is 0 Å². The van der Waals surface area contributed by atoms with Crippen molar-refractivity contribution in [1.29, 1.82) is 0 Å². The Morgan fingerprint density at radius 1 is 0.750 bits per heavy atom. The third-order valence-corrected chi connectivity index (χ3v) is 5.11. The summed E-state index contributed by atoms with van der Waals surface area (Å²) < 4.78 is 24.3. The van der Waals surface area contributed by atoms with Crippen LogP contribution >= 0.6 is 12.4 Å². The van der Waals surface area contributed by atoms with E-state index >= 15 is 0 Å². The molecule has 2 atom stereocenters.